The van der Waals surface area contributed by atoms with Gasteiger partial charge in [0.2, 0.25) is 0 Å². The number of rotatable bonds is 5. The molecule has 2 heterocycles. The first-order valence-corrected chi connectivity index (χ1v) is 11.6. The van der Waals surface area contributed by atoms with Crippen LogP contribution in [0.2, 0.25) is 0 Å². The lowest BCUT2D eigenvalue weighted by Crippen LogP contribution is -2.40. The molecule has 0 spiro atoms. The number of aromatic nitrogens is 1. The molecule has 2 aromatic heterocycles. The molecule has 0 aliphatic heterocycles. The van der Waals surface area contributed by atoms with Gasteiger partial charge in [0.25, 0.3) is 5.91 Å². The van der Waals surface area contributed by atoms with E-state index in [1.807, 2.05) is 18.2 Å². The average Bonchev–Trinajstić information content (AvgIpc) is 3.07. The maximum atomic E-state index is 12.4. The van der Waals surface area contributed by atoms with Gasteiger partial charge in [-0.15, -0.1) is 0 Å². The minimum absolute atomic E-state index is 0.153. The molecule has 0 atom stereocenters. The first-order valence-electron chi connectivity index (χ1n) is 10.00. The van der Waals surface area contributed by atoms with Crippen molar-refractivity contribution in [2.45, 2.75) is 37.8 Å². The maximum Gasteiger partial charge on any atom is 0.287 e. The van der Waals surface area contributed by atoms with Gasteiger partial charge >= 0.3 is 0 Å². The van der Waals surface area contributed by atoms with E-state index >= 15 is 0 Å². The molecule has 1 aliphatic carbocycles. The summed E-state index contributed by atoms with van der Waals surface area (Å²) in [5.41, 5.74) is 2.14. The van der Waals surface area contributed by atoms with Gasteiger partial charge in [0, 0.05) is 49.4 Å². The summed E-state index contributed by atoms with van der Waals surface area (Å²) in [4.78, 5) is 19.3. The van der Waals surface area contributed by atoms with Crippen molar-refractivity contribution in [3.63, 3.8) is 0 Å². The van der Waals surface area contributed by atoms with E-state index in [0.717, 1.165) is 52.6 Å². The Morgan fingerprint density at radius 2 is 1.80 bits per heavy atom. The van der Waals surface area contributed by atoms with Gasteiger partial charge in [0.1, 0.15) is 5.82 Å². The van der Waals surface area contributed by atoms with Gasteiger partial charge in [-0.2, -0.15) is 0 Å². The summed E-state index contributed by atoms with van der Waals surface area (Å²) in [6.45, 7) is 0. The number of anilines is 2. The highest BCUT2D eigenvalue weighted by Crippen LogP contribution is 2.30. The van der Waals surface area contributed by atoms with Gasteiger partial charge in [-0.3, -0.25) is 4.79 Å². The third-order valence-corrected chi connectivity index (χ3v) is 7.17. The molecular formula is C22H24Br2N4O2. The van der Waals surface area contributed by atoms with Crippen molar-refractivity contribution >= 4 is 60.2 Å². The van der Waals surface area contributed by atoms with E-state index < -0.39 is 0 Å². The first-order chi connectivity index (χ1) is 14.4. The molecule has 0 unspecified atom stereocenters. The van der Waals surface area contributed by atoms with Crippen LogP contribution in [0.5, 0.6) is 0 Å². The molecule has 158 valence electrons. The highest BCUT2D eigenvalue weighted by molar-refractivity contribution is 9.13. The maximum absolute atomic E-state index is 12.4. The second kappa shape index (κ2) is 8.98. The number of nitrogens with one attached hydrogen (secondary N) is 2. The number of carbonyl (C=O) groups is 1. The van der Waals surface area contributed by atoms with Crippen LogP contribution < -0.4 is 15.5 Å². The zero-order valence-corrected chi connectivity index (χ0v) is 20.1. The molecule has 30 heavy (non-hydrogen) atoms. The molecule has 4 rings (SSSR count). The number of hydrogen-bond acceptors (Lipinski definition) is 5. The summed E-state index contributed by atoms with van der Waals surface area (Å²) in [5.74, 6) is 1.03. The topological polar surface area (TPSA) is 70.4 Å². The highest BCUT2D eigenvalue weighted by atomic mass is 79.9. The van der Waals surface area contributed by atoms with E-state index in [4.69, 9.17) is 9.40 Å². The van der Waals surface area contributed by atoms with Crippen LogP contribution in [0.25, 0.3) is 10.9 Å². The summed E-state index contributed by atoms with van der Waals surface area (Å²) in [6.07, 6.45) is 3.78. The summed E-state index contributed by atoms with van der Waals surface area (Å²) < 4.78 is 6.68. The molecule has 1 amide bonds. The Bertz CT molecular complexity index is 1040. The van der Waals surface area contributed by atoms with Crippen LogP contribution in [-0.4, -0.2) is 37.1 Å². The minimum Gasteiger partial charge on any atom is -0.443 e. The average molecular weight is 536 g/mol. The molecule has 0 bridgehead atoms. The number of fused-ring (bicyclic) bond motifs is 1. The summed E-state index contributed by atoms with van der Waals surface area (Å²) >= 11 is 6.61. The van der Waals surface area contributed by atoms with E-state index in [0.29, 0.717) is 16.5 Å². The number of nitrogens with zero attached hydrogens (tertiary/aromatic N) is 2. The number of pyridine rings is 1. The normalized spacial score (nSPS) is 18.9. The summed E-state index contributed by atoms with van der Waals surface area (Å²) in [5, 5.41) is 7.84. The van der Waals surface area contributed by atoms with Crippen LogP contribution >= 0.6 is 31.9 Å². The van der Waals surface area contributed by atoms with Crippen LogP contribution in [0.3, 0.4) is 0 Å². The van der Waals surface area contributed by atoms with E-state index in [1.165, 1.54) is 0 Å². The molecule has 0 saturated heterocycles. The van der Waals surface area contributed by atoms with Crippen LogP contribution in [0.1, 0.15) is 36.2 Å². The van der Waals surface area contributed by atoms with Gasteiger partial charge in [-0.25, -0.2) is 4.98 Å². The Morgan fingerprint density at radius 3 is 2.47 bits per heavy atom. The molecule has 1 saturated carbocycles. The third-order valence-electron chi connectivity index (χ3n) is 5.46. The van der Waals surface area contributed by atoms with E-state index in [9.17, 15) is 4.79 Å². The van der Waals surface area contributed by atoms with Gasteiger partial charge in [0.05, 0.1) is 9.99 Å². The predicted octanol–water partition coefficient (Wildman–Crippen LogP) is 5.57. The number of amides is 1. The molecule has 6 nitrogen and oxygen atoms in total. The van der Waals surface area contributed by atoms with Crippen molar-refractivity contribution < 1.29 is 9.21 Å². The van der Waals surface area contributed by atoms with E-state index in [1.54, 1.807) is 6.07 Å². The van der Waals surface area contributed by atoms with Crippen molar-refractivity contribution in [2.75, 3.05) is 24.3 Å². The molecule has 1 aromatic carbocycles. The number of halogens is 2. The number of hydrogen-bond donors (Lipinski definition) is 2. The molecule has 8 heteroatoms. The van der Waals surface area contributed by atoms with Gasteiger partial charge in [-0.05, 0) is 63.6 Å². The van der Waals surface area contributed by atoms with Crippen molar-refractivity contribution in [3.05, 3.63) is 51.3 Å². The summed E-state index contributed by atoms with van der Waals surface area (Å²) in [6, 6.07) is 12.5. The zero-order valence-electron chi connectivity index (χ0n) is 16.9. The third kappa shape index (κ3) is 4.64. The Morgan fingerprint density at radius 1 is 1.10 bits per heavy atom. The van der Waals surface area contributed by atoms with Gasteiger partial charge in [-0.1, -0.05) is 18.2 Å². The van der Waals surface area contributed by atoms with Gasteiger partial charge in [0.15, 0.2) is 10.4 Å². The van der Waals surface area contributed by atoms with Crippen molar-refractivity contribution in [1.29, 1.82) is 0 Å². The van der Waals surface area contributed by atoms with Crippen LogP contribution in [-0.2, 0) is 0 Å². The van der Waals surface area contributed by atoms with Crippen LogP contribution in [0.15, 0.2) is 50.0 Å². The molecule has 1 aliphatic rings. The quantitative estimate of drug-likeness (QED) is 0.446. The lowest BCUT2D eigenvalue weighted by atomic mass is 9.91. The molecule has 2 N–H and O–H groups in total. The fourth-order valence-corrected chi connectivity index (χ4v) is 4.48. The Kier molecular flexibility index (Phi) is 6.34. The molecular weight excluding hydrogens is 512 g/mol. The van der Waals surface area contributed by atoms with Crippen molar-refractivity contribution in [3.8, 4) is 0 Å². The largest absolute Gasteiger partial charge is 0.443 e. The fourth-order valence-electron chi connectivity index (χ4n) is 3.91. The Labute approximate surface area is 192 Å². The molecule has 1 fully saturated rings. The van der Waals surface area contributed by atoms with Crippen molar-refractivity contribution in [2.24, 2.45) is 0 Å². The number of carbonyl (C=O) groups excluding carboxylic acids is 1. The lowest BCUT2D eigenvalue weighted by Gasteiger charge is -2.30. The molecule has 3 aromatic rings. The fraction of sp³-hybridized carbons (Fsp3) is 0.364. The highest BCUT2D eigenvalue weighted by Gasteiger charge is 2.24. The second-order valence-corrected chi connectivity index (χ2v) is 9.41. The smallest absolute Gasteiger partial charge is 0.287 e. The lowest BCUT2D eigenvalue weighted by molar-refractivity contribution is 0.0897. The SMILES string of the molecule is CN(C)c1cc(NC2CCC(NC(=O)c3cc(Br)c(Br)o3)CC2)nc2ccccc12. The van der Waals surface area contributed by atoms with Crippen LogP contribution in [0, 0.1) is 0 Å². The Balaban J connectivity index is 1.37. The molecule has 0 radical (unpaired) electrons. The summed E-state index contributed by atoms with van der Waals surface area (Å²) in [7, 11) is 4.10. The zero-order chi connectivity index (χ0) is 21.3. The minimum atomic E-state index is -0.176. The standard InChI is InChI=1S/C22H24Br2N4O2/c1-28(2)18-12-20(27-17-6-4-3-5-15(17)18)25-13-7-9-14(10-8-13)26-22(29)19-11-16(23)21(24)30-19/h3-6,11-14H,7-10H2,1-2H3,(H,25,27)(H,26,29). The van der Waals surface area contributed by atoms with Crippen LogP contribution in [0.4, 0.5) is 11.5 Å². The Hall–Kier alpha value is -2.06. The first kappa shape index (κ1) is 21.2. The predicted molar refractivity (Wildman–Crippen MR) is 127 cm³/mol. The second-order valence-electron chi connectivity index (χ2n) is 7.84. The van der Waals surface area contributed by atoms with Crippen molar-refractivity contribution in [1.82, 2.24) is 10.3 Å². The number of para-hydroxylation sites is 1. The number of benzene rings is 1. The monoisotopic (exact) mass is 534 g/mol. The van der Waals surface area contributed by atoms with E-state index in [-0.39, 0.29) is 11.9 Å². The van der Waals surface area contributed by atoms with E-state index in [2.05, 4.69) is 73.6 Å². The van der Waals surface area contributed by atoms with Gasteiger partial charge < -0.3 is 20.0 Å². The number of furan rings is 1.